The van der Waals surface area contributed by atoms with Crippen LogP contribution in [0.5, 0.6) is 11.5 Å². The van der Waals surface area contributed by atoms with Crippen LogP contribution in [0.3, 0.4) is 0 Å². The predicted molar refractivity (Wildman–Crippen MR) is 81.6 cm³/mol. The van der Waals surface area contributed by atoms with Gasteiger partial charge in [0.15, 0.2) is 21.3 Å². The Morgan fingerprint density at radius 2 is 1.77 bits per heavy atom. The molecule has 22 heavy (non-hydrogen) atoms. The second-order valence-electron chi connectivity index (χ2n) is 4.68. The zero-order valence-electron chi connectivity index (χ0n) is 12.2. The molecule has 0 N–H and O–H groups in total. The average molecular weight is 317 g/mol. The highest BCUT2D eigenvalue weighted by Crippen LogP contribution is 2.28. The van der Waals surface area contributed by atoms with Crippen molar-refractivity contribution in [1.82, 2.24) is 0 Å². The quantitative estimate of drug-likeness (QED) is 0.847. The normalized spacial score (nSPS) is 10.8. The van der Waals surface area contributed by atoms with Crippen LogP contribution in [-0.4, -0.2) is 21.8 Å². The van der Waals surface area contributed by atoms with Crippen LogP contribution in [0.4, 0.5) is 0 Å². The Kier molecular flexibility index (Phi) is 4.68. The number of hydrogen-bond donors (Lipinski definition) is 0. The fourth-order valence-electron chi connectivity index (χ4n) is 1.85. The highest BCUT2D eigenvalue weighted by Gasteiger charge is 2.08. The SMILES string of the molecule is COc1cc(C#N)ccc1OCc1ccc(S(C)(=O)=O)cc1. The van der Waals surface area contributed by atoms with Crippen LogP contribution in [0.25, 0.3) is 0 Å². The van der Waals surface area contributed by atoms with E-state index in [0.29, 0.717) is 17.1 Å². The molecule has 0 aliphatic carbocycles. The molecule has 0 aliphatic heterocycles. The fourth-order valence-corrected chi connectivity index (χ4v) is 2.48. The first-order valence-electron chi connectivity index (χ1n) is 6.44. The van der Waals surface area contributed by atoms with Crippen LogP contribution in [0, 0.1) is 11.3 Å². The molecule has 2 aromatic carbocycles. The van der Waals surface area contributed by atoms with Gasteiger partial charge in [-0.15, -0.1) is 0 Å². The van der Waals surface area contributed by atoms with Gasteiger partial charge < -0.3 is 9.47 Å². The van der Waals surface area contributed by atoms with Crippen LogP contribution in [0.1, 0.15) is 11.1 Å². The lowest BCUT2D eigenvalue weighted by molar-refractivity contribution is 0.284. The summed E-state index contributed by atoms with van der Waals surface area (Å²) in [6, 6.07) is 13.4. The molecule has 0 aromatic heterocycles. The zero-order chi connectivity index (χ0) is 16.2. The van der Waals surface area contributed by atoms with E-state index in [9.17, 15) is 8.42 Å². The first-order chi connectivity index (χ1) is 10.4. The summed E-state index contributed by atoms with van der Waals surface area (Å²) in [4.78, 5) is 0.271. The maximum atomic E-state index is 11.4. The number of benzene rings is 2. The average Bonchev–Trinajstić information content (AvgIpc) is 2.52. The minimum absolute atomic E-state index is 0.270. The van der Waals surface area contributed by atoms with Gasteiger partial charge >= 0.3 is 0 Å². The van der Waals surface area contributed by atoms with E-state index < -0.39 is 9.84 Å². The highest BCUT2D eigenvalue weighted by atomic mass is 32.2. The van der Waals surface area contributed by atoms with Gasteiger partial charge in [0.25, 0.3) is 0 Å². The summed E-state index contributed by atoms with van der Waals surface area (Å²) < 4.78 is 33.6. The van der Waals surface area contributed by atoms with E-state index in [0.717, 1.165) is 5.56 Å². The Morgan fingerprint density at radius 1 is 1.09 bits per heavy atom. The lowest BCUT2D eigenvalue weighted by atomic mass is 10.2. The Bertz CT molecular complexity index is 805. The van der Waals surface area contributed by atoms with Crippen molar-refractivity contribution in [1.29, 1.82) is 5.26 Å². The first kappa shape index (κ1) is 15.9. The van der Waals surface area contributed by atoms with Crippen molar-refractivity contribution >= 4 is 9.84 Å². The van der Waals surface area contributed by atoms with Crippen molar-refractivity contribution in [3.8, 4) is 17.6 Å². The van der Waals surface area contributed by atoms with Gasteiger partial charge in [0.1, 0.15) is 6.61 Å². The van der Waals surface area contributed by atoms with Crippen molar-refractivity contribution in [3.63, 3.8) is 0 Å². The number of hydrogen-bond acceptors (Lipinski definition) is 5. The van der Waals surface area contributed by atoms with Gasteiger partial charge in [-0.1, -0.05) is 12.1 Å². The molecule has 0 saturated carbocycles. The third kappa shape index (κ3) is 3.77. The van der Waals surface area contributed by atoms with Crippen LogP contribution in [0.2, 0.25) is 0 Å². The van der Waals surface area contributed by atoms with Crippen molar-refractivity contribution < 1.29 is 17.9 Å². The first-order valence-corrected chi connectivity index (χ1v) is 8.33. The van der Waals surface area contributed by atoms with E-state index in [1.54, 1.807) is 42.5 Å². The maximum absolute atomic E-state index is 11.4. The van der Waals surface area contributed by atoms with Gasteiger partial charge in [0.05, 0.1) is 23.6 Å². The van der Waals surface area contributed by atoms with Crippen molar-refractivity contribution in [2.75, 3.05) is 13.4 Å². The fraction of sp³-hybridized carbons (Fsp3) is 0.188. The third-order valence-electron chi connectivity index (χ3n) is 3.04. The van der Waals surface area contributed by atoms with E-state index in [1.807, 2.05) is 6.07 Å². The van der Waals surface area contributed by atoms with E-state index in [1.165, 1.54) is 13.4 Å². The number of ether oxygens (including phenoxy) is 2. The van der Waals surface area contributed by atoms with Gasteiger partial charge in [0.2, 0.25) is 0 Å². The molecule has 0 bridgehead atoms. The molecule has 5 nitrogen and oxygen atoms in total. The lowest BCUT2D eigenvalue weighted by Crippen LogP contribution is -2.00. The van der Waals surface area contributed by atoms with Crippen molar-refractivity contribution in [2.24, 2.45) is 0 Å². The minimum atomic E-state index is -3.20. The molecular weight excluding hydrogens is 302 g/mol. The molecule has 0 heterocycles. The van der Waals surface area contributed by atoms with Gasteiger partial charge in [-0.05, 0) is 29.8 Å². The standard InChI is InChI=1S/C16H15NO4S/c1-20-16-9-13(10-17)5-8-15(16)21-11-12-3-6-14(7-4-12)22(2,18)19/h3-9H,11H2,1-2H3. The van der Waals surface area contributed by atoms with Crippen LogP contribution in [-0.2, 0) is 16.4 Å². The molecule has 2 rings (SSSR count). The summed E-state index contributed by atoms with van der Waals surface area (Å²) in [7, 11) is -1.69. The number of nitrogens with zero attached hydrogens (tertiary/aromatic N) is 1. The maximum Gasteiger partial charge on any atom is 0.175 e. The van der Waals surface area contributed by atoms with Gasteiger partial charge in [0, 0.05) is 12.3 Å². The molecule has 2 aromatic rings. The molecule has 0 aliphatic rings. The summed E-state index contributed by atoms with van der Waals surface area (Å²) in [5.41, 5.74) is 1.32. The summed E-state index contributed by atoms with van der Waals surface area (Å²) in [6.45, 7) is 0.270. The van der Waals surface area contributed by atoms with Crippen LogP contribution in [0.15, 0.2) is 47.4 Å². The molecule has 0 radical (unpaired) electrons. The van der Waals surface area contributed by atoms with Crippen LogP contribution < -0.4 is 9.47 Å². The second kappa shape index (κ2) is 6.50. The van der Waals surface area contributed by atoms with Gasteiger partial charge in [-0.25, -0.2) is 8.42 Å². The van der Waals surface area contributed by atoms with Gasteiger partial charge in [-0.2, -0.15) is 5.26 Å². The number of sulfone groups is 1. The predicted octanol–water partition coefficient (Wildman–Crippen LogP) is 2.55. The molecule has 0 saturated heterocycles. The summed E-state index contributed by atoms with van der Waals surface area (Å²) in [5, 5.41) is 8.85. The Morgan fingerprint density at radius 3 is 2.32 bits per heavy atom. The van der Waals surface area contributed by atoms with Gasteiger partial charge in [-0.3, -0.25) is 0 Å². The third-order valence-corrected chi connectivity index (χ3v) is 4.17. The Labute approximate surface area is 129 Å². The zero-order valence-corrected chi connectivity index (χ0v) is 13.1. The Hall–Kier alpha value is -2.52. The largest absolute Gasteiger partial charge is 0.493 e. The van der Waals surface area contributed by atoms with E-state index >= 15 is 0 Å². The smallest absolute Gasteiger partial charge is 0.175 e. The number of nitriles is 1. The van der Waals surface area contributed by atoms with Crippen molar-refractivity contribution in [2.45, 2.75) is 11.5 Å². The number of methoxy groups -OCH3 is 1. The monoisotopic (exact) mass is 317 g/mol. The van der Waals surface area contributed by atoms with E-state index in [4.69, 9.17) is 14.7 Å². The van der Waals surface area contributed by atoms with Crippen LogP contribution >= 0.6 is 0 Å². The molecule has 0 fully saturated rings. The second-order valence-corrected chi connectivity index (χ2v) is 6.70. The molecule has 114 valence electrons. The lowest BCUT2D eigenvalue weighted by Gasteiger charge is -2.11. The summed E-state index contributed by atoms with van der Waals surface area (Å²) >= 11 is 0. The molecule has 6 heteroatoms. The molecular formula is C16H15NO4S. The van der Waals surface area contributed by atoms with E-state index in [-0.39, 0.29) is 11.5 Å². The molecule has 0 unspecified atom stereocenters. The van der Waals surface area contributed by atoms with Crippen molar-refractivity contribution in [3.05, 3.63) is 53.6 Å². The summed E-state index contributed by atoms with van der Waals surface area (Å²) in [5.74, 6) is 1.00. The topological polar surface area (TPSA) is 76.4 Å². The number of rotatable bonds is 5. The molecule has 0 spiro atoms. The minimum Gasteiger partial charge on any atom is -0.493 e. The summed E-state index contributed by atoms with van der Waals surface area (Å²) in [6.07, 6.45) is 1.17. The molecule has 0 amide bonds. The molecule has 0 atom stereocenters. The Balaban J connectivity index is 2.12. The van der Waals surface area contributed by atoms with E-state index in [2.05, 4.69) is 0 Å². The highest BCUT2D eigenvalue weighted by molar-refractivity contribution is 7.90.